The number of aliphatic hydroxyl groups is 1. The number of carbonyl (C=O) groups excluding carboxylic acids is 1. The molecule has 4 fully saturated rings. The number of unbranched alkanes of at least 4 members (excludes halogenated alkanes) is 1. The largest absolute Gasteiger partial charge is 0.469 e. The first-order valence-corrected chi connectivity index (χ1v) is 17.6. The van der Waals surface area contributed by atoms with Gasteiger partial charge in [-0.1, -0.05) is 20.8 Å². The monoisotopic (exact) mass is 592 g/mol. The molecule has 4 unspecified atom stereocenters. The van der Waals surface area contributed by atoms with Crippen LogP contribution in [0.5, 0.6) is 0 Å². The average molecular weight is 593 g/mol. The van der Waals surface area contributed by atoms with Crippen LogP contribution in [0.2, 0.25) is 0 Å². The van der Waals surface area contributed by atoms with Crippen molar-refractivity contribution in [1.82, 2.24) is 5.32 Å². The molecule has 0 radical (unpaired) electrons. The molecule has 4 aliphatic rings. The summed E-state index contributed by atoms with van der Waals surface area (Å²) in [6.07, 6.45) is 15.1. The Morgan fingerprint density at radius 2 is 1.57 bits per heavy atom. The maximum Gasteiger partial charge on any atom is 0.305 e. The molecule has 10 atom stereocenters. The number of hydrogen-bond donors (Lipinski definition) is 3. The third kappa shape index (κ3) is 7.91. The lowest BCUT2D eigenvalue weighted by Gasteiger charge is -2.62. The second-order valence-electron chi connectivity index (χ2n) is 15.0. The number of esters is 1. The summed E-state index contributed by atoms with van der Waals surface area (Å²) < 4.78 is 16.3. The summed E-state index contributed by atoms with van der Waals surface area (Å²) in [5.74, 6) is 3.67. The molecule has 0 aromatic heterocycles. The van der Waals surface area contributed by atoms with Crippen molar-refractivity contribution in [2.75, 3.05) is 46.6 Å². The maximum absolute atomic E-state index is 11.8. The predicted molar refractivity (Wildman–Crippen MR) is 168 cm³/mol. The van der Waals surface area contributed by atoms with Crippen molar-refractivity contribution >= 4 is 5.97 Å². The third-order valence-electron chi connectivity index (χ3n) is 12.7. The highest BCUT2D eigenvalue weighted by Crippen LogP contribution is 2.68. The zero-order valence-corrected chi connectivity index (χ0v) is 27.4. The van der Waals surface area contributed by atoms with E-state index in [0.29, 0.717) is 54.0 Å². The molecule has 0 saturated heterocycles. The number of nitrogens with one attached hydrogen (secondary N) is 1. The molecule has 0 amide bonds. The van der Waals surface area contributed by atoms with E-state index in [0.717, 1.165) is 83.8 Å². The molecular weight excluding hydrogens is 528 g/mol. The Labute approximate surface area is 256 Å². The van der Waals surface area contributed by atoms with Crippen molar-refractivity contribution in [1.29, 1.82) is 0 Å². The van der Waals surface area contributed by atoms with Crippen molar-refractivity contribution in [3.05, 3.63) is 0 Å². The van der Waals surface area contributed by atoms with E-state index in [9.17, 15) is 9.90 Å². The minimum Gasteiger partial charge on any atom is -0.469 e. The second-order valence-corrected chi connectivity index (χ2v) is 15.0. The van der Waals surface area contributed by atoms with Crippen LogP contribution in [0, 0.1) is 46.3 Å². The molecule has 4 aliphatic carbocycles. The summed E-state index contributed by atoms with van der Waals surface area (Å²) in [4.78, 5) is 11.8. The van der Waals surface area contributed by atoms with Crippen LogP contribution in [0.1, 0.15) is 111 Å². The van der Waals surface area contributed by atoms with E-state index in [1.807, 2.05) is 0 Å². The third-order valence-corrected chi connectivity index (χ3v) is 12.7. The van der Waals surface area contributed by atoms with E-state index in [1.54, 1.807) is 0 Å². The summed E-state index contributed by atoms with van der Waals surface area (Å²) in [6, 6.07) is 0.514. The van der Waals surface area contributed by atoms with Gasteiger partial charge in [0, 0.05) is 38.9 Å². The summed E-state index contributed by atoms with van der Waals surface area (Å²) in [5, 5.41) is 15.5. The Kier molecular flexibility index (Phi) is 13.0. The van der Waals surface area contributed by atoms with Crippen LogP contribution >= 0.6 is 0 Å². The van der Waals surface area contributed by atoms with Gasteiger partial charge in [0.25, 0.3) is 0 Å². The molecular formula is C35H64N2O5. The molecule has 42 heavy (non-hydrogen) atoms. The minimum absolute atomic E-state index is 0.0789. The summed E-state index contributed by atoms with van der Waals surface area (Å²) in [5.41, 5.74) is 6.09. The lowest BCUT2D eigenvalue weighted by molar-refractivity contribution is -0.162. The lowest BCUT2D eigenvalue weighted by Crippen LogP contribution is -2.59. The van der Waals surface area contributed by atoms with Crippen LogP contribution in [-0.4, -0.2) is 69.8 Å². The van der Waals surface area contributed by atoms with E-state index in [1.165, 1.54) is 45.6 Å². The fraction of sp³-hybridized carbons (Fsp3) is 0.971. The van der Waals surface area contributed by atoms with Gasteiger partial charge in [0.05, 0.1) is 13.2 Å². The fourth-order valence-corrected chi connectivity index (χ4v) is 10.4. The standard InChI is InChI=1S/C35H64N2O5/c1-25(9-12-33(39)40-4)28-10-11-29-27-24-32(38)31-23-26(13-15-35(31,3)30(27)14-16-34(28,29)2)37-18-8-22-42-20-6-5-19-41-21-7-17-36/h25-32,37-38H,5-24,36H2,1-4H3/t25-,26-,27?,28?,29?,30?,31-,32+,34+,35+/m0/s1. The van der Waals surface area contributed by atoms with Gasteiger partial charge in [0.2, 0.25) is 0 Å². The quantitative estimate of drug-likeness (QED) is 0.147. The topological polar surface area (TPSA) is 103 Å². The Morgan fingerprint density at radius 3 is 2.29 bits per heavy atom. The number of carbonyl (C=O) groups is 1. The second kappa shape index (κ2) is 16.0. The summed E-state index contributed by atoms with van der Waals surface area (Å²) in [6.45, 7) is 12.3. The highest BCUT2D eigenvalue weighted by atomic mass is 16.5. The summed E-state index contributed by atoms with van der Waals surface area (Å²) in [7, 11) is 1.50. The Balaban J connectivity index is 1.20. The van der Waals surface area contributed by atoms with Crippen molar-refractivity contribution in [3.63, 3.8) is 0 Å². The number of fused-ring (bicyclic) bond motifs is 5. The van der Waals surface area contributed by atoms with Crippen molar-refractivity contribution in [2.24, 2.45) is 52.1 Å². The zero-order valence-electron chi connectivity index (χ0n) is 27.4. The first-order chi connectivity index (χ1) is 20.2. The van der Waals surface area contributed by atoms with E-state index < -0.39 is 0 Å². The first kappa shape index (κ1) is 34.1. The zero-order chi connectivity index (χ0) is 30.2. The lowest BCUT2D eigenvalue weighted by atomic mass is 9.43. The number of nitrogens with two attached hydrogens (primary N) is 1. The normalized spacial score (nSPS) is 38.4. The fourth-order valence-electron chi connectivity index (χ4n) is 10.4. The Bertz CT molecular complexity index is 827. The summed E-state index contributed by atoms with van der Waals surface area (Å²) >= 11 is 0. The van der Waals surface area contributed by atoms with Gasteiger partial charge < -0.3 is 30.4 Å². The molecule has 4 N–H and O–H groups in total. The van der Waals surface area contributed by atoms with E-state index in [4.69, 9.17) is 19.9 Å². The van der Waals surface area contributed by atoms with E-state index in [-0.39, 0.29) is 17.5 Å². The van der Waals surface area contributed by atoms with Crippen molar-refractivity contribution in [3.8, 4) is 0 Å². The van der Waals surface area contributed by atoms with Crippen LogP contribution in [0.4, 0.5) is 0 Å². The first-order valence-electron chi connectivity index (χ1n) is 17.6. The number of hydrogen-bond acceptors (Lipinski definition) is 7. The number of rotatable bonds is 17. The smallest absolute Gasteiger partial charge is 0.305 e. The number of aliphatic hydroxyl groups excluding tert-OH is 1. The molecule has 4 saturated carbocycles. The van der Waals surface area contributed by atoms with Gasteiger partial charge in [0.1, 0.15) is 0 Å². The average Bonchev–Trinajstić information content (AvgIpc) is 3.34. The van der Waals surface area contributed by atoms with E-state index >= 15 is 0 Å². The predicted octanol–water partition coefficient (Wildman–Crippen LogP) is 5.72. The van der Waals surface area contributed by atoms with Crippen LogP contribution in [0.3, 0.4) is 0 Å². The van der Waals surface area contributed by atoms with Crippen LogP contribution < -0.4 is 11.1 Å². The minimum atomic E-state index is -0.179. The van der Waals surface area contributed by atoms with Crippen molar-refractivity contribution < 1.29 is 24.1 Å². The molecule has 4 rings (SSSR count). The number of ether oxygens (including phenoxy) is 3. The molecule has 7 heteroatoms. The van der Waals surface area contributed by atoms with Gasteiger partial charge in [-0.3, -0.25) is 4.79 Å². The Hall–Kier alpha value is -0.730. The molecule has 244 valence electrons. The van der Waals surface area contributed by atoms with Gasteiger partial charge in [-0.25, -0.2) is 0 Å². The SMILES string of the molecule is COC(=O)CC[C@H](C)C1CCC2C3C[C@@H](O)[C@@H]4C[C@@H](NCCCOCCCCOCCCN)CC[C@]4(C)C3CC[C@@]21C. The molecule has 7 nitrogen and oxygen atoms in total. The molecule has 0 spiro atoms. The molecule has 0 heterocycles. The van der Waals surface area contributed by atoms with Gasteiger partial charge in [-0.15, -0.1) is 0 Å². The van der Waals surface area contributed by atoms with E-state index in [2.05, 4.69) is 26.1 Å². The Morgan fingerprint density at radius 1 is 0.905 bits per heavy atom. The maximum atomic E-state index is 11.8. The molecule has 0 aromatic rings. The van der Waals surface area contributed by atoms with Gasteiger partial charge in [-0.2, -0.15) is 0 Å². The molecule has 0 aliphatic heterocycles. The van der Waals surface area contributed by atoms with Gasteiger partial charge >= 0.3 is 5.97 Å². The van der Waals surface area contributed by atoms with Crippen molar-refractivity contribution in [2.45, 2.75) is 123 Å². The number of methoxy groups -OCH3 is 1. The van der Waals surface area contributed by atoms with Crippen LogP contribution in [-0.2, 0) is 19.0 Å². The molecule has 0 bridgehead atoms. The highest BCUT2D eigenvalue weighted by Gasteiger charge is 2.62. The van der Waals surface area contributed by atoms with Crippen LogP contribution in [0.25, 0.3) is 0 Å². The van der Waals surface area contributed by atoms with Gasteiger partial charge in [0.15, 0.2) is 0 Å². The molecule has 0 aromatic carbocycles. The van der Waals surface area contributed by atoms with Crippen LogP contribution in [0.15, 0.2) is 0 Å². The highest BCUT2D eigenvalue weighted by molar-refractivity contribution is 5.69. The van der Waals surface area contributed by atoms with Gasteiger partial charge in [-0.05, 0) is 143 Å².